The first-order valence-electron chi connectivity index (χ1n) is 5.93. The molecule has 0 heterocycles. The van der Waals surface area contributed by atoms with E-state index in [9.17, 15) is 12.9 Å². The van der Waals surface area contributed by atoms with E-state index in [4.69, 9.17) is 4.74 Å². The molecular formula is C14H13BF3KO. The Kier molecular flexibility index (Phi) is 6.81. The van der Waals surface area contributed by atoms with Gasteiger partial charge in [-0.2, -0.15) is 0 Å². The van der Waals surface area contributed by atoms with Crippen molar-refractivity contribution >= 4 is 12.4 Å². The molecule has 0 aliphatic rings. The first-order valence-corrected chi connectivity index (χ1v) is 5.93. The minimum Gasteiger partial charge on any atom is -0.489 e. The number of hydrogen-bond acceptors (Lipinski definition) is 1. The zero-order valence-corrected chi connectivity index (χ0v) is 14.6. The van der Waals surface area contributed by atoms with Gasteiger partial charge in [-0.15, -0.1) is 5.46 Å². The summed E-state index contributed by atoms with van der Waals surface area (Å²) in [5.74, 6) is 0.435. The van der Waals surface area contributed by atoms with E-state index in [2.05, 4.69) is 0 Å². The van der Waals surface area contributed by atoms with E-state index in [1.54, 1.807) is 0 Å². The first-order chi connectivity index (χ1) is 8.95. The average Bonchev–Trinajstić information content (AvgIpc) is 2.37. The number of ether oxygens (including phenoxy) is 1. The predicted molar refractivity (Wildman–Crippen MR) is 70.7 cm³/mol. The van der Waals surface area contributed by atoms with Crippen LogP contribution >= 0.6 is 0 Å². The first kappa shape index (κ1) is 17.8. The molecule has 1 nitrogen and oxygen atoms in total. The van der Waals surface area contributed by atoms with Crippen molar-refractivity contribution in [3.8, 4) is 5.75 Å². The van der Waals surface area contributed by atoms with Crippen LogP contribution in [-0.2, 0) is 6.61 Å². The van der Waals surface area contributed by atoms with Crippen LogP contribution in [0.1, 0.15) is 11.1 Å². The Morgan fingerprint density at radius 3 is 1.95 bits per heavy atom. The van der Waals surface area contributed by atoms with Crippen molar-refractivity contribution in [3.63, 3.8) is 0 Å². The zero-order valence-electron chi connectivity index (χ0n) is 11.4. The van der Waals surface area contributed by atoms with Crippen molar-refractivity contribution in [1.82, 2.24) is 0 Å². The zero-order chi connectivity index (χ0) is 13.9. The van der Waals surface area contributed by atoms with Crippen LogP contribution in [0.2, 0.25) is 0 Å². The SMILES string of the molecule is Cc1ccc(COc2ccc([B-](F)(F)F)cc2)cc1.[K+]. The third kappa shape index (κ3) is 5.26. The van der Waals surface area contributed by atoms with Crippen molar-refractivity contribution in [2.75, 3.05) is 0 Å². The van der Waals surface area contributed by atoms with Crippen molar-refractivity contribution in [2.24, 2.45) is 0 Å². The fourth-order valence-electron chi connectivity index (χ4n) is 1.63. The second kappa shape index (κ2) is 7.66. The molecule has 0 saturated heterocycles. The van der Waals surface area contributed by atoms with Gasteiger partial charge in [0.15, 0.2) is 0 Å². The van der Waals surface area contributed by atoms with Crippen LogP contribution in [0, 0.1) is 6.92 Å². The summed E-state index contributed by atoms with van der Waals surface area (Å²) in [6.45, 7) is -2.61. The van der Waals surface area contributed by atoms with Crippen molar-refractivity contribution < 1.29 is 69.1 Å². The maximum atomic E-state index is 12.4. The van der Waals surface area contributed by atoms with Crippen molar-refractivity contribution in [3.05, 3.63) is 59.7 Å². The number of benzene rings is 2. The molecule has 100 valence electrons. The molecule has 6 heteroatoms. The topological polar surface area (TPSA) is 9.23 Å². The Bertz CT molecular complexity index is 538. The molecule has 0 radical (unpaired) electrons. The van der Waals surface area contributed by atoms with Gasteiger partial charge in [0.05, 0.1) is 0 Å². The molecule has 0 aliphatic heterocycles. The number of hydrogen-bond donors (Lipinski definition) is 0. The monoisotopic (exact) mass is 304 g/mol. The minimum absolute atomic E-state index is 0. The quantitative estimate of drug-likeness (QED) is 0.753. The molecule has 0 aromatic heterocycles. The number of halogens is 3. The smallest absolute Gasteiger partial charge is 0.489 e. The molecule has 0 amide bonds. The fraction of sp³-hybridized carbons (Fsp3) is 0.143. The molecule has 0 aliphatic carbocycles. The van der Waals surface area contributed by atoms with Crippen LogP contribution in [0.3, 0.4) is 0 Å². The van der Waals surface area contributed by atoms with Crippen LogP contribution < -0.4 is 61.6 Å². The summed E-state index contributed by atoms with van der Waals surface area (Å²) in [7, 11) is 0. The molecule has 0 fully saturated rings. The molecular weight excluding hydrogens is 291 g/mol. The minimum atomic E-state index is -4.94. The van der Waals surface area contributed by atoms with E-state index in [1.165, 1.54) is 12.1 Å². The van der Waals surface area contributed by atoms with Gasteiger partial charge in [0, 0.05) is 0 Å². The van der Waals surface area contributed by atoms with Crippen LogP contribution in [0.15, 0.2) is 48.5 Å². The standard InChI is InChI=1S/C14H13BF3O.K/c1-11-2-4-12(5-3-11)10-19-14-8-6-13(7-9-14)15(16,17)18;/h2-9H,10H2,1H3;/q-1;+1. The van der Waals surface area contributed by atoms with E-state index in [0.29, 0.717) is 12.4 Å². The number of rotatable bonds is 4. The molecule has 0 atom stereocenters. The summed E-state index contributed by atoms with van der Waals surface area (Å²) in [5, 5.41) is 0. The molecule has 2 rings (SSSR count). The molecule has 0 spiro atoms. The Morgan fingerprint density at radius 2 is 1.45 bits per heavy atom. The van der Waals surface area contributed by atoms with Gasteiger partial charge >= 0.3 is 58.4 Å². The average molecular weight is 304 g/mol. The van der Waals surface area contributed by atoms with E-state index >= 15 is 0 Å². The molecule has 0 saturated carbocycles. The molecule has 0 N–H and O–H groups in total. The predicted octanol–water partition coefficient (Wildman–Crippen LogP) is 0.632. The van der Waals surface area contributed by atoms with Gasteiger partial charge in [-0.3, -0.25) is 0 Å². The van der Waals surface area contributed by atoms with Gasteiger partial charge in [-0.1, -0.05) is 42.0 Å². The van der Waals surface area contributed by atoms with Crippen LogP contribution in [0.5, 0.6) is 5.75 Å². The maximum Gasteiger partial charge on any atom is 1.00 e. The normalized spacial score (nSPS) is 10.8. The number of aryl methyl sites for hydroxylation is 1. The van der Waals surface area contributed by atoms with Gasteiger partial charge in [-0.25, -0.2) is 0 Å². The molecule has 0 unspecified atom stereocenters. The van der Waals surface area contributed by atoms with Crippen molar-refractivity contribution in [2.45, 2.75) is 13.5 Å². The molecule has 0 bridgehead atoms. The van der Waals surface area contributed by atoms with Crippen LogP contribution in [0.25, 0.3) is 0 Å². The van der Waals surface area contributed by atoms with E-state index in [0.717, 1.165) is 23.3 Å². The van der Waals surface area contributed by atoms with Crippen molar-refractivity contribution in [1.29, 1.82) is 0 Å². The summed E-state index contributed by atoms with van der Waals surface area (Å²) in [4.78, 5) is 0. The summed E-state index contributed by atoms with van der Waals surface area (Å²) in [6.07, 6.45) is 0. The Labute approximate surface area is 159 Å². The third-order valence-corrected chi connectivity index (χ3v) is 2.78. The summed E-state index contributed by atoms with van der Waals surface area (Å²) >= 11 is 0. The fourth-order valence-corrected chi connectivity index (χ4v) is 1.63. The summed E-state index contributed by atoms with van der Waals surface area (Å²) < 4.78 is 42.7. The van der Waals surface area contributed by atoms with Gasteiger partial charge < -0.3 is 17.7 Å². The van der Waals surface area contributed by atoms with E-state index < -0.39 is 12.4 Å². The molecule has 2 aromatic rings. The second-order valence-corrected chi connectivity index (χ2v) is 4.42. The molecule has 2 aromatic carbocycles. The Morgan fingerprint density at radius 1 is 0.900 bits per heavy atom. The summed E-state index contributed by atoms with van der Waals surface area (Å²) in [6, 6.07) is 12.6. The van der Waals surface area contributed by atoms with E-state index in [-0.39, 0.29) is 51.4 Å². The largest absolute Gasteiger partial charge is 1.00 e. The Hall–Kier alpha value is -0.269. The Balaban J connectivity index is 0.00000200. The second-order valence-electron chi connectivity index (χ2n) is 4.42. The van der Waals surface area contributed by atoms with Crippen LogP contribution in [-0.4, -0.2) is 6.98 Å². The van der Waals surface area contributed by atoms with E-state index in [1.807, 2.05) is 31.2 Å². The molecule has 20 heavy (non-hydrogen) atoms. The van der Waals surface area contributed by atoms with Crippen LogP contribution in [0.4, 0.5) is 12.9 Å². The van der Waals surface area contributed by atoms with Gasteiger partial charge in [0.2, 0.25) is 0 Å². The van der Waals surface area contributed by atoms with Gasteiger partial charge in [0.25, 0.3) is 0 Å². The maximum absolute atomic E-state index is 12.4. The summed E-state index contributed by atoms with van der Waals surface area (Å²) in [5.41, 5.74) is 1.53. The van der Waals surface area contributed by atoms with Gasteiger partial charge in [-0.05, 0) is 24.6 Å². The third-order valence-electron chi connectivity index (χ3n) is 2.78. The van der Waals surface area contributed by atoms with Gasteiger partial charge in [0.1, 0.15) is 12.4 Å².